The zero-order chi connectivity index (χ0) is 24.6. The number of aryl methyl sites for hydroxylation is 1. The Morgan fingerprint density at radius 1 is 1.31 bits per heavy atom. The van der Waals surface area contributed by atoms with Gasteiger partial charge < -0.3 is 19.1 Å². The van der Waals surface area contributed by atoms with Crippen LogP contribution in [0.5, 0.6) is 0 Å². The van der Waals surface area contributed by atoms with Gasteiger partial charge in [0.1, 0.15) is 12.4 Å². The highest BCUT2D eigenvalue weighted by Gasteiger charge is 2.45. The molecule has 1 aromatic carbocycles. The zero-order valence-corrected chi connectivity index (χ0v) is 19.8. The second-order valence-corrected chi connectivity index (χ2v) is 9.54. The maximum Gasteiger partial charge on any atom is 0.343 e. The average molecular weight is 480 g/mol. The molecule has 4 heterocycles. The molecule has 6 rings (SSSR count). The van der Waals surface area contributed by atoms with Crippen molar-refractivity contribution >= 4 is 16.9 Å². The van der Waals surface area contributed by atoms with Gasteiger partial charge >= 0.3 is 5.97 Å². The topological polar surface area (TPSA) is 103 Å². The molecule has 0 saturated carbocycles. The molecular weight excluding hydrogens is 453 g/mol. The molecule has 2 aliphatic heterocycles. The van der Waals surface area contributed by atoms with Crippen molar-refractivity contribution in [1.29, 1.82) is 0 Å². The Balaban J connectivity index is 1.66. The number of benzene rings is 1. The number of fused-ring (bicyclic) bond motifs is 5. The van der Waals surface area contributed by atoms with Gasteiger partial charge in [-0.25, -0.2) is 14.2 Å². The Hall–Kier alpha value is -3.14. The van der Waals surface area contributed by atoms with Crippen LogP contribution in [0.25, 0.3) is 22.3 Å². The molecule has 0 unspecified atom stereocenters. The SMILES string of the molecule is CC[C@@]1(O)C(=O)OCc2c1cc1n(c2=O)Cc2c-1nc1cc(F)c(C)c3c1c2[C@@H](NCOC)CC3. The molecule has 1 aliphatic carbocycles. The molecule has 0 saturated heterocycles. The van der Waals surface area contributed by atoms with Crippen LogP contribution in [0.2, 0.25) is 0 Å². The van der Waals surface area contributed by atoms with Gasteiger partial charge in [-0.3, -0.25) is 10.1 Å². The highest BCUT2D eigenvalue weighted by molar-refractivity contribution is 5.93. The predicted molar refractivity (Wildman–Crippen MR) is 125 cm³/mol. The lowest BCUT2D eigenvalue weighted by Gasteiger charge is -2.31. The first kappa shape index (κ1) is 22.3. The first-order valence-corrected chi connectivity index (χ1v) is 11.8. The van der Waals surface area contributed by atoms with E-state index in [-0.39, 0.29) is 41.6 Å². The summed E-state index contributed by atoms with van der Waals surface area (Å²) in [6.45, 7) is 3.93. The predicted octanol–water partition coefficient (Wildman–Crippen LogP) is 2.71. The summed E-state index contributed by atoms with van der Waals surface area (Å²) < 4.78 is 26.9. The zero-order valence-electron chi connectivity index (χ0n) is 19.8. The van der Waals surface area contributed by atoms with E-state index in [1.54, 1.807) is 31.6 Å². The molecular formula is C26H26FN3O5. The molecule has 3 aliphatic rings. The molecule has 182 valence electrons. The average Bonchev–Trinajstić information content (AvgIpc) is 3.22. The van der Waals surface area contributed by atoms with E-state index in [4.69, 9.17) is 14.5 Å². The smallest absolute Gasteiger partial charge is 0.343 e. The van der Waals surface area contributed by atoms with Crippen LogP contribution >= 0.6 is 0 Å². The van der Waals surface area contributed by atoms with Crippen molar-refractivity contribution in [2.45, 2.75) is 57.9 Å². The lowest BCUT2D eigenvalue weighted by Crippen LogP contribution is -2.44. The Morgan fingerprint density at radius 3 is 2.86 bits per heavy atom. The number of pyridine rings is 2. The number of halogens is 1. The van der Waals surface area contributed by atoms with E-state index in [1.807, 2.05) is 0 Å². The number of hydrogen-bond acceptors (Lipinski definition) is 7. The summed E-state index contributed by atoms with van der Waals surface area (Å²) in [5.41, 5.74) is 3.43. The number of aromatic nitrogens is 2. The van der Waals surface area contributed by atoms with E-state index in [9.17, 15) is 19.1 Å². The maximum atomic E-state index is 14.9. The number of ether oxygens (including phenoxy) is 2. The summed E-state index contributed by atoms with van der Waals surface area (Å²) in [5, 5.41) is 15.5. The normalized spacial score (nSPS) is 22.1. The number of nitrogens with zero attached hydrogens (tertiary/aromatic N) is 2. The minimum atomic E-state index is -1.89. The van der Waals surface area contributed by atoms with Crippen LogP contribution in [-0.4, -0.2) is 34.5 Å². The fourth-order valence-electron chi connectivity index (χ4n) is 5.94. The summed E-state index contributed by atoms with van der Waals surface area (Å²) in [5.74, 6) is -1.07. The van der Waals surface area contributed by atoms with E-state index < -0.39 is 11.6 Å². The summed E-state index contributed by atoms with van der Waals surface area (Å²) >= 11 is 0. The number of aliphatic hydroxyl groups is 1. The number of carbonyl (C=O) groups is 1. The van der Waals surface area contributed by atoms with Crippen LogP contribution < -0.4 is 10.9 Å². The van der Waals surface area contributed by atoms with Crippen LogP contribution in [-0.2, 0) is 39.4 Å². The van der Waals surface area contributed by atoms with E-state index >= 15 is 0 Å². The van der Waals surface area contributed by atoms with E-state index in [2.05, 4.69) is 5.32 Å². The number of nitrogens with one attached hydrogen (secondary N) is 1. The number of methoxy groups -OCH3 is 1. The highest BCUT2D eigenvalue weighted by atomic mass is 19.1. The van der Waals surface area contributed by atoms with Crippen molar-refractivity contribution in [3.63, 3.8) is 0 Å². The number of cyclic esters (lactones) is 1. The lowest BCUT2D eigenvalue weighted by molar-refractivity contribution is -0.172. The van der Waals surface area contributed by atoms with Gasteiger partial charge in [-0.05, 0) is 48.9 Å². The molecule has 3 aromatic rings. The van der Waals surface area contributed by atoms with Gasteiger partial charge in [-0.2, -0.15) is 0 Å². The van der Waals surface area contributed by atoms with E-state index in [1.165, 1.54) is 6.07 Å². The van der Waals surface area contributed by atoms with Crippen molar-refractivity contribution < 1.29 is 23.8 Å². The molecule has 0 fully saturated rings. The van der Waals surface area contributed by atoms with Crippen LogP contribution in [0.15, 0.2) is 16.9 Å². The summed E-state index contributed by atoms with van der Waals surface area (Å²) in [7, 11) is 1.62. The third-order valence-electron chi connectivity index (χ3n) is 7.85. The lowest BCUT2D eigenvalue weighted by atomic mass is 9.81. The van der Waals surface area contributed by atoms with Gasteiger partial charge in [0, 0.05) is 35.7 Å². The third-order valence-corrected chi connectivity index (χ3v) is 7.85. The summed E-state index contributed by atoms with van der Waals surface area (Å²) in [4.78, 5) is 30.8. The van der Waals surface area contributed by atoms with Crippen LogP contribution in [0.1, 0.15) is 59.2 Å². The molecule has 2 N–H and O–H groups in total. The van der Waals surface area contributed by atoms with Gasteiger partial charge in [0.15, 0.2) is 5.60 Å². The van der Waals surface area contributed by atoms with Crippen molar-refractivity contribution in [3.8, 4) is 11.4 Å². The van der Waals surface area contributed by atoms with Gasteiger partial charge in [0.05, 0.1) is 35.7 Å². The largest absolute Gasteiger partial charge is 0.458 e. The van der Waals surface area contributed by atoms with Gasteiger partial charge in [-0.1, -0.05) is 6.92 Å². The molecule has 0 radical (unpaired) electrons. The Bertz CT molecular complexity index is 1500. The number of hydrogen-bond donors (Lipinski definition) is 2. The number of rotatable bonds is 4. The molecule has 0 amide bonds. The molecule has 35 heavy (non-hydrogen) atoms. The van der Waals surface area contributed by atoms with Gasteiger partial charge in [0.2, 0.25) is 0 Å². The highest BCUT2D eigenvalue weighted by Crippen LogP contribution is 2.45. The van der Waals surface area contributed by atoms with Crippen molar-refractivity contribution in [1.82, 2.24) is 14.9 Å². The molecule has 2 atom stereocenters. The monoisotopic (exact) mass is 479 g/mol. The Morgan fingerprint density at radius 2 is 2.11 bits per heavy atom. The van der Waals surface area contributed by atoms with Gasteiger partial charge in [0.25, 0.3) is 5.56 Å². The molecule has 2 aromatic heterocycles. The summed E-state index contributed by atoms with van der Waals surface area (Å²) in [6, 6.07) is 3.09. The molecule has 8 nitrogen and oxygen atoms in total. The second-order valence-electron chi connectivity index (χ2n) is 9.54. The van der Waals surface area contributed by atoms with Crippen molar-refractivity contribution in [2.75, 3.05) is 13.8 Å². The molecule has 0 spiro atoms. The van der Waals surface area contributed by atoms with Crippen molar-refractivity contribution in [2.24, 2.45) is 0 Å². The van der Waals surface area contributed by atoms with Crippen LogP contribution in [0.3, 0.4) is 0 Å². The molecule has 0 bridgehead atoms. The first-order chi connectivity index (χ1) is 16.8. The minimum Gasteiger partial charge on any atom is -0.458 e. The van der Waals surface area contributed by atoms with Crippen molar-refractivity contribution in [3.05, 3.63) is 61.7 Å². The fourth-order valence-corrected chi connectivity index (χ4v) is 5.94. The van der Waals surface area contributed by atoms with E-state index in [0.29, 0.717) is 42.2 Å². The van der Waals surface area contributed by atoms with Crippen LogP contribution in [0.4, 0.5) is 4.39 Å². The first-order valence-electron chi connectivity index (χ1n) is 11.8. The Kier molecular flexibility index (Phi) is 4.90. The standard InChI is InChI=1S/C26H26FN3O5/c1-4-26(33)16-7-20-23-14(9-30(20)24(31)15(16)10-35-25(26)32)22-18(28-11-34-3)6-5-13-12(2)17(27)8-19(29-23)21(13)22/h7-8,18,28,33H,4-6,9-11H2,1-3H3/t18-,26-/m0/s1. The maximum absolute atomic E-state index is 14.9. The van der Waals surface area contributed by atoms with Gasteiger partial charge in [-0.15, -0.1) is 0 Å². The Labute approximate surface area is 200 Å². The fraction of sp³-hybridized carbons (Fsp3) is 0.423. The van der Waals surface area contributed by atoms with E-state index in [0.717, 1.165) is 28.5 Å². The third kappa shape index (κ3) is 2.92. The quantitative estimate of drug-likeness (QED) is 0.343. The molecule has 9 heteroatoms. The minimum absolute atomic E-state index is 0.0521. The number of esters is 1. The second kappa shape index (κ2) is 7.68. The van der Waals surface area contributed by atoms with Crippen LogP contribution in [0, 0.1) is 12.7 Å². The number of carbonyl (C=O) groups excluding carboxylic acids is 1. The summed E-state index contributed by atoms with van der Waals surface area (Å²) in [6.07, 6.45) is 1.53.